The van der Waals surface area contributed by atoms with Crippen molar-refractivity contribution in [3.05, 3.63) is 60.2 Å². The second kappa shape index (κ2) is 8.69. The zero-order chi connectivity index (χ0) is 20.2. The van der Waals surface area contributed by atoms with Crippen molar-refractivity contribution in [1.82, 2.24) is 0 Å². The zero-order valence-corrected chi connectivity index (χ0v) is 16.6. The van der Waals surface area contributed by atoms with Crippen molar-refractivity contribution >= 4 is 0 Å². The minimum atomic E-state index is -4.58. The predicted molar refractivity (Wildman–Crippen MR) is 107 cm³/mol. The molecule has 2 aromatic carbocycles. The Morgan fingerprint density at radius 3 is 2.11 bits per heavy atom. The van der Waals surface area contributed by atoms with Gasteiger partial charge < -0.3 is 0 Å². The molecular weight excluding hydrogens is 361 g/mol. The molecule has 0 amide bonds. The third-order valence-electron chi connectivity index (χ3n) is 6.17. The smallest absolute Gasteiger partial charge is 0.285 e. The van der Waals surface area contributed by atoms with E-state index in [4.69, 9.17) is 0 Å². The topological polar surface area (TPSA) is 9.23 Å². The molecule has 0 bridgehead atoms. The van der Waals surface area contributed by atoms with E-state index in [-0.39, 0.29) is 5.92 Å². The standard InChI is InChI=1S/C24H29F3O/c1-3-17-23(2,28-24(25,26)27)20-15-13-19(14-16-20)22-12-8-7-11-21(22)18-9-5-4-6-10-18/h4-12,19-20H,3,13-17H2,1-2H3/t19-,20-,23?. The molecule has 152 valence electrons. The molecular formula is C24H29F3O. The lowest BCUT2D eigenvalue weighted by Crippen LogP contribution is -2.43. The van der Waals surface area contributed by atoms with Crippen LogP contribution >= 0.6 is 0 Å². The van der Waals surface area contributed by atoms with E-state index in [0.29, 0.717) is 18.8 Å². The van der Waals surface area contributed by atoms with Crippen LogP contribution in [0.2, 0.25) is 0 Å². The van der Waals surface area contributed by atoms with Crippen LogP contribution in [0.4, 0.5) is 13.2 Å². The Morgan fingerprint density at radius 1 is 0.893 bits per heavy atom. The maximum Gasteiger partial charge on any atom is 0.523 e. The lowest BCUT2D eigenvalue weighted by atomic mass is 9.70. The van der Waals surface area contributed by atoms with Gasteiger partial charge in [-0.25, -0.2) is 0 Å². The quantitative estimate of drug-likeness (QED) is 0.490. The molecule has 1 aliphatic carbocycles. The van der Waals surface area contributed by atoms with E-state index in [1.54, 1.807) is 6.92 Å². The highest BCUT2D eigenvalue weighted by Crippen LogP contribution is 2.46. The number of halogens is 3. The summed E-state index contributed by atoms with van der Waals surface area (Å²) in [4.78, 5) is 0. The molecule has 1 atom stereocenters. The van der Waals surface area contributed by atoms with Gasteiger partial charge in [0.25, 0.3) is 0 Å². The molecule has 0 aromatic heterocycles. The molecule has 1 aliphatic rings. The Kier molecular flexibility index (Phi) is 6.49. The second-order valence-electron chi connectivity index (χ2n) is 8.11. The van der Waals surface area contributed by atoms with Crippen molar-refractivity contribution in [2.24, 2.45) is 5.92 Å². The lowest BCUT2D eigenvalue weighted by molar-refractivity contribution is -0.374. The highest BCUT2D eigenvalue weighted by atomic mass is 19.4. The minimum Gasteiger partial charge on any atom is -0.285 e. The van der Waals surface area contributed by atoms with Gasteiger partial charge >= 0.3 is 6.36 Å². The van der Waals surface area contributed by atoms with Gasteiger partial charge in [0.15, 0.2) is 0 Å². The van der Waals surface area contributed by atoms with Crippen LogP contribution in [0.25, 0.3) is 11.1 Å². The van der Waals surface area contributed by atoms with Gasteiger partial charge in [0, 0.05) is 0 Å². The van der Waals surface area contributed by atoms with Gasteiger partial charge in [0.05, 0.1) is 5.60 Å². The van der Waals surface area contributed by atoms with E-state index in [1.807, 2.05) is 31.2 Å². The van der Waals surface area contributed by atoms with Crippen molar-refractivity contribution < 1.29 is 17.9 Å². The highest BCUT2D eigenvalue weighted by Gasteiger charge is 2.45. The molecule has 1 unspecified atom stereocenters. The predicted octanol–water partition coefficient (Wildman–Crippen LogP) is 7.72. The Balaban J connectivity index is 1.76. The fourth-order valence-electron chi connectivity index (χ4n) is 4.85. The van der Waals surface area contributed by atoms with Crippen LogP contribution in [-0.2, 0) is 4.74 Å². The van der Waals surface area contributed by atoms with Crippen molar-refractivity contribution in [2.75, 3.05) is 0 Å². The van der Waals surface area contributed by atoms with Crippen LogP contribution in [0, 0.1) is 5.92 Å². The molecule has 4 heteroatoms. The summed E-state index contributed by atoms with van der Waals surface area (Å²) in [5.41, 5.74) is 2.60. The summed E-state index contributed by atoms with van der Waals surface area (Å²) in [6.45, 7) is 3.56. The van der Waals surface area contributed by atoms with Crippen molar-refractivity contribution in [1.29, 1.82) is 0 Å². The number of alkyl halides is 3. The Labute approximate surface area is 165 Å². The number of benzene rings is 2. The summed E-state index contributed by atoms with van der Waals surface area (Å²) in [5, 5.41) is 0. The van der Waals surface area contributed by atoms with Gasteiger partial charge in [-0.1, -0.05) is 67.9 Å². The van der Waals surface area contributed by atoms with Crippen molar-refractivity contribution in [2.45, 2.75) is 70.3 Å². The second-order valence-corrected chi connectivity index (χ2v) is 8.11. The Morgan fingerprint density at radius 2 is 1.50 bits per heavy atom. The van der Waals surface area contributed by atoms with Crippen molar-refractivity contribution in [3.8, 4) is 11.1 Å². The molecule has 0 heterocycles. The van der Waals surface area contributed by atoms with E-state index < -0.39 is 12.0 Å². The average Bonchev–Trinajstić information content (AvgIpc) is 2.68. The van der Waals surface area contributed by atoms with Crippen molar-refractivity contribution in [3.63, 3.8) is 0 Å². The van der Waals surface area contributed by atoms with E-state index >= 15 is 0 Å². The highest BCUT2D eigenvalue weighted by molar-refractivity contribution is 5.68. The first-order valence-electron chi connectivity index (χ1n) is 10.2. The minimum absolute atomic E-state index is 0.0609. The van der Waals surface area contributed by atoms with Crippen LogP contribution in [0.5, 0.6) is 0 Å². The molecule has 0 spiro atoms. The number of ether oxygens (including phenoxy) is 1. The summed E-state index contributed by atoms with van der Waals surface area (Å²) in [7, 11) is 0. The molecule has 1 nitrogen and oxygen atoms in total. The van der Waals surface area contributed by atoms with Crippen LogP contribution in [0.1, 0.15) is 63.9 Å². The monoisotopic (exact) mass is 390 g/mol. The normalized spacial score (nSPS) is 22.6. The maximum absolute atomic E-state index is 13.0. The van der Waals surface area contributed by atoms with Gasteiger partial charge in [-0.15, -0.1) is 13.2 Å². The van der Waals surface area contributed by atoms with Gasteiger partial charge in [-0.2, -0.15) is 0 Å². The number of rotatable bonds is 6. The Hall–Kier alpha value is -1.81. The maximum atomic E-state index is 13.0. The van der Waals surface area contributed by atoms with E-state index in [2.05, 4.69) is 35.1 Å². The summed E-state index contributed by atoms with van der Waals surface area (Å²) >= 11 is 0. The Bertz CT molecular complexity index is 748. The molecule has 2 aromatic rings. The number of hydrogen-bond acceptors (Lipinski definition) is 1. The molecule has 1 fully saturated rings. The lowest BCUT2D eigenvalue weighted by Gasteiger charge is -2.42. The molecule has 0 saturated heterocycles. The van der Waals surface area contributed by atoms with E-state index in [9.17, 15) is 13.2 Å². The molecule has 0 radical (unpaired) electrons. The SMILES string of the molecule is CCCC(C)(OC(F)(F)F)[C@H]1CC[C@H](c2ccccc2-c2ccccc2)CC1. The summed E-state index contributed by atoms with van der Waals surface area (Å²) < 4.78 is 43.6. The molecule has 0 aliphatic heterocycles. The van der Waals surface area contributed by atoms with Crippen LogP contribution in [0.3, 0.4) is 0 Å². The molecule has 3 rings (SSSR count). The molecule has 0 N–H and O–H groups in total. The molecule has 1 saturated carbocycles. The van der Waals surface area contributed by atoms with E-state index in [0.717, 1.165) is 25.7 Å². The van der Waals surface area contributed by atoms with Gasteiger partial charge in [-0.05, 0) is 67.6 Å². The van der Waals surface area contributed by atoms with E-state index in [1.165, 1.54) is 16.7 Å². The summed E-state index contributed by atoms with van der Waals surface area (Å²) in [6, 6.07) is 18.7. The van der Waals surface area contributed by atoms with Gasteiger partial charge in [0.2, 0.25) is 0 Å². The molecule has 28 heavy (non-hydrogen) atoms. The van der Waals surface area contributed by atoms with Crippen LogP contribution in [-0.4, -0.2) is 12.0 Å². The fraction of sp³-hybridized carbons (Fsp3) is 0.500. The first kappa shape index (κ1) is 20.9. The summed E-state index contributed by atoms with van der Waals surface area (Å²) in [6.07, 6.45) is -0.142. The first-order chi connectivity index (χ1) is 13.3. The van der Waals surface area contributed by atoms with Crippen LogP contribution < -0.4 is 0 Å². The van der Waals surface area contributed by atoms with Gasteiger partial charge in [-0.3, -0.25) is 4.74 Å². The third-order valence-corrected chi connectivity index (χ3v) is 6.17. The van der Waals surface area contributed by atoms with Gasteiger partial charge in [0.1, 0.15) is 0 Å². The fourth-order valence-corrected chi connectivity index (χ4v) is 4.85. The largest absolute Gasteiger partial charge is 0.523 e. The first-order valence-corrected chi connectivity index (χ1v) is 10.2. The summed E-state index contributed by atoms with van der Waals surface area (Å²) in [5.74, 6) is 0.318. The number of hydrogen-bond donors (Lipinski definition) is 0. The zero-order valence-electron chi connectivity index (χ0n) is 16.6. The van der Waals surface area contributed by atoms with Crippen LogP contribution in [0.15, 0.2) is 54.6 Å². The average molecular weight is 390 g/mol. The third kappa shape index (κ3) is 4.96.